The molecule has 3 rings (SSSR count). The number of anilines is 2. The molecule has 1 fully saturated rings. The van der Waals surface area contributed by atoms with Gasteiger partial charge in [0.15, 0.2) is 0 Å². The first kappa shape index (κ1) is 12.7. The molecule has 0 aromatic carbocycles. The number of nitrogens with zero attached hydrogens (tertiary/aromatic N) is 4. The van der Waals surface area contributed by atoms with Crippen LogP contribution in [0.3, 0.4) is 0 Å². The van der Waals surface area contributed by atoms with Crippen LogP contribution in [0, 0.1) is 0 Å². The van der Waals surface area contributed by atoms with Crippen LogP contribution in [-0.2, 0) is 0 Å². The highest BCUT2D eigenvalue weighted by Crippen LogP contribution is 2.39. The molecule has 7 heteroatoms. The van der Waals surface area contributed by atoms with Gasteiger partial charge in [-0.15, -0.1) is 0 Å². The van der Waals surface area contributed by atoms with Crippen LogP contribution >= 0.6 is 15.9 Å². The molecule has 0 saturated heterocycles. The Labute approximate surface area is 113 Å². The zero-order valence-corrected chi connectivity index (χ0v) is 11.2. The van der Waals surface area contributed by atoms with Crippen molar-refractivity contribution in [1.29, 1.82) is 0 Å². The van der Waals surface area contributed by atoms with Gasteiger partial charge in [0.25, 0.3) is 0 Å². The molecule has 6 nitrogen and oxygen atoms in total. The topological polar surface area (TPSA) is 104 Å². The van der Waals surface area contributed by atoms with Gasteiger partial charge in [0.1, 0.15) is 0 Å². The minimum absolute atomic E-state index is 0.299. The van der Waals surface area contributed by atoms with Gasteiger partial charge in [-0.1, -0.05) is 0 Å². The monoisotopic (exact) mass is 308 g/mol. The van der Waals surface area contributed by atoms with E-state index in [1.165, 1.54) is 18.4 Å². The van der Waals surface area contributed by atoms with Crippen molar-refractivity contribution in [2.75, 3.05) is 11.5 Å². The maximum absolute atomic E-state index is 5.33. The molecular formula is C11H13BrN6. The molecule has 18 heavy (non-hydrogen) atoms. The van der Waals surface area contributed by atoms with E-state index in [-0.39, 0.29) is 0 Å². The molecule has 0 unspecified atom stereocenters. The fourth-order valence-corrected chi connectivity index (χ4v) is 1.50. The van der Waals surface area contributed by atoms with E-state index in [0.717, 1.165) is 10.4 Å². The number of hydrogen-bond donors (Lipinski definition) is 2. The van der Waals surface area contributed by atoms with Gasteiger partial charge in [-0.2, -0.15) is 0 Å². The molecule has 94 valence electrons. The molecule has 2 heterocycles. The van der Waals surface area contributed by atoms with Crippen LogP contribution in [0.2, 0.25) is 0 Å². The highest BCUT2D eigenvalue weighted by atomic mass is 79.9. The molecule has 0 bridgehead atoms. The normalized spacial score (nSPS) is 13.6. The third-order valence-electron chi connectivity index (χ3n) is 2.38. The maximum Gasteiger partial charge on any atom is 0.219 e. The van der Waals surface area contributed by atoms with Crippen LogP contribution in [0.4, 0.5) is 11.9 Å². The molecule has 0 radical (unpaired) electrons. The first-order valence-corrected chi connectivity index (χ1v) is 6.25. The van der Waals surface area contributed by atoms with Crippen LogP contribution in [-0.4, -0.2) is 19.9 Å². The summed E-state index contributed by atoms with van der Waals surface area (Å²) < 4.78 is 0.840. The highest BCUT2D eigenvalue weighted by Gasteiger charge is 2.23. The summed E-state index contributed by atoms with van der Waals surface area (Å²) in [6.45, 7) is 0. The Morgan fingerprint density at radius 3 is 1.72 bits per heavy atom. The first-order valence-electron chi connectivity index (χ1n) is 5.45. The summed E-state index contributed by atoms with van der Waals surface area (Å²) >= 11 is 3.16. The van der Waals surface area contributed by atoms with Crippen molar-refractivity contribution in [3.05, 3.63) is 34.8 Å². The van der Waals surface area contributed by atoms with Gasteiger partial charge in [0.2, 0.25) is 11.9 Å². The van der Waals surface area contributed by atoms with E-state index in [4.69, 9.17) is 11.5 Å². The van der Waals surface area contributed by atoms with Gasteiger partial charge in [-0.3, -0.25) is 0 Å². The van der Waals surface area contributed by atoms with Crippen molar-refractivity contribution in [3.8, 4) is 0 Å². The van der Waals surface area contributed by atoms with Gasteiger partial charge >= 0.3 is 0 Å². The Morgan fingerprint density at radius 2 is 1.33 bits per heavy atom. The van der Waals surface area contributed by atoms with Crippen molar-refractivity contribution in [3.63, 3.8) is 0 Å². The standard InChI is InChI=1S/C7H9N3.C4H4BrN3/c8-7-9-3-6(4-10-7)5-1-2-5;5-3-1-7-4(6)8-2-3/h3-5H,1-2H2,(H2,8,9,10);1-2H,(H2,6,7,8). The van der Waals surface area contributed by atoms with E-state index in [9.17, 15) is 0 Å². The molecule has 2 aromatic heterocycles. The van der Waals surface area contributed by atoms with Gasteiger partial charge in [0.05, 0.1) is 4.47 Å². The Morgan fingerprint density at radius 1 is 0.889 bits per heavy atom. The first-order chi connectivity index (χ1) is 8.65. The molecular weight excluding hydrogens is 296 g/mol. The second kappa shape index (κ2) is 5.72. The summed E-state index contributed by atoms with van der Waals surface area (Å²) in [4.78, 5) is 15.2. The summed E-state index contributed by atoms with van der Waals surface area (Å²) in [6, 6.07) is 0. The SMILES string of the molecule is Nc1ncc(Br)cn1.Nc1ncc(C2CC2)cn1. The molecule has 0 aliphatic heterocycles. The minimum Gasteiger partial charge on any atom is -0.368 e. The zero-order chi connectivity index (χ0) is 13.0. The van der Waals surface area contributed by atoms with Gasteiger partial charge < -0.3 is 11.5 Å². The summed E-state index contributed by atoms with van der Waals surface area (Å²) in [5.41, 5.74) is 11.7. The maximum atomic E-state index is 5.33. The van der Waals surface area contributed by atoms with Gasteiger partial charge in [-0.25, -0.2) is 19.9 Å². The predicted molar refractivity (Wildman–Crippen MR) is 72.6 cm³/mol. The molecule has 4 N–H and O–H groups in total. The van der Waals surface area contributed by atoms with E-state index >= 15 is 0 Å². The lowest BCUT2D eigenvalue weighted by Crippen LogP contribution is -1.94. The van der Waals surface area contributed by atoms with Crippen LogP contribution in [0.1, 0.15) is 24.3 Å². The summed E-state index contributed by atoms with van der Waals surface area (Å²) in [7, 11) is 0. The second-order valence-electron chi connectivity index (χ2n) is 3.91. The third kappa shape index (κ3) is 3.92. The van der Waals surface area contributed by atoms with Crippen molar-refractivity contribution < 1.29 is 0 Å². The van der Waals surface area contributed by atoms with Gasteiger partial charge in [-0.05, 0) is 40.3 Å². The summed E-state index contributed by atoms with van der Waals surface area (Å²) in [6.07, 6.45) is 9.41. The quantitative estimate of drug-likeness (QED) is 0.832. The second-order valence-corrected chi connectivity index (χ2v) is 4.82. The Bertz CT molecular complexity index is 473. The minimum atomic E-state index is 0.299. The predicted octanol–water partition coefficient (Wildman–Crippen LogP) is 1.76. The molecule has 2 aromatic rings. The van der Waals surface area contributed by atoms with E-state index in [0.29, 0.717) is 11.9 Å². The zero-order valence-electron chi connectivity index (χ0n) is 9.62. The fraction of sp³-hybridized carbons (Fsp3) is 0.273. The highest BCUT2D eigenvalue weighted by molar-refractivity contribution is 9.10. The van der Waals surface area contributed by atoms with Crippen LogP contribution in [0.15, 0.2) is 29.3 Å². The Hall–Kier alpha value is -1.76. The number of rotatable bonds is 1. The summed E-state index contributed by atoms with van der Waals surface area (Å²) in [5.74, 6) is 1.39. The molecule has 1 saturated carbocycles. The third-order valence-corrected chi connectivity index (χ3v) is 2.79. The number of aromatic nitrogens is 4. The lowest BCUT2D eigenvalue weighted by atomic mass is 10.2. The van der Waals surface area contributed by atoms with Crippen LogP contribution < -0.4 is 11.5 Å². The number of nitrogen functional groups attached to an aromatic ring is 2. The van der Waals surface area contributed by atoms with Crippen molar-refractivity contribution >= 4 is 27.8 Å². The van der Waals surface area contributed by atoms with E-state index in [1.807, 2.05) is 12.4 Å². The van der Waals surface area contributed by atoms with Crippen molar-refractivity contribution in [2.24, 2.45) is 0 Å². The lowest BCUT2D eigenvalue weighted by Gasteiger charge is -1.94. The smallest absolute Gasteiger partial charge is 0.219 e. The number of hydrogen-bond acceptors (Lipinski definition) is 6. The molecule has 0 spiro atoms. The van der Waals surface area contributed by atoms with Crippen LogP contribution in [0.25, 0.3) is 0 Å². The average Bonchev–Trinajstić information content (AvgIpc) is 3.19. The number of nitrogens with two attached hydrogens (primary N) is 2. The van der Waals surface area contributed by atoms with Gasteiger partial charge in [0, 0.05) is 24.8 Å². The number of halogens is 1. The average molecular weight is 309 g/mol. The summed E-state index contributed by atoms with van der Waals surface area (Å²) in [5, 5.41) is 0. The van der Waals surface area contributed by atoms with E-state index < -0.39 is 0 Å². The lowest BCUT2D eigenvalue weighted by molar-refractivity contribution is 1.04. The Kier molecular flexibility index (Phi) is 4.03. The molecule has 1 aliphatic rings. The Balaban J connectivity index is 0.000000138. The fourth-order valence-electron chi connectivity index (χ4n) is 1.30. The molecule has 0 atom stereocenters. The van der Waals surface area contributed by atoms with Crippen molar-refractivity contribution in [2.45, 2.75) is 18.8 Å². The largest absolute Gasteiger partial charge is 0.368 e. The molecule has 1 aliphatic carbocycles. The van der Waals surface area contributed by atoms with Crippen LogP contribution in [0.5, 0.6) is 0 Å². The van der Waals surface area contributed by atoms with Crippen molar-refractivity contribution in [1.82, 2.24) is 19.9 Å². The van der Waals surface area contributed by atoms with E-state index in [2.05, 4.69) is 35.9 Å². The molecule has 0 amide bonds. The van der Waals surface area contributed by atoms with E-state index in [1.54, 1.807) is 12.4 Å².